The fourth-order valence-electron chi connectivity index (χ4n) is 2.93. The van der Waals surface area contributed by atoms with Gasteiger partial charge >= 0.3 is 0 Å². The predicted octanol–water partition coefficient (Wildman–Crippen LogP) is 1.58. The molecule has 1 aromatic rings. The summed E-state index contributed by atoms with van der Waals surface area (Å²) in [4.78, 5) is 28.5. The number of likely N-dealkylation sites (N-methyl/N-ethyl adjacent to an activating group) is 1. The maximum Gasteiger partial charge on any atom is 0.245 e. The summed E-state index contributed by atoms with van der Waals surface area (Å²) >= 11 is 0. The first kappa shape index (κ1) is 17.5. The van der Waals surface area contributed by atoms with E-state index in [1.54, 1.807) is 16.8 Å². The highest BCUT2D eigenvalue weighted by Crippen LogP contribution is 2.18. The zero-order valence-corrected chi connectivity index (χ0v) is 14.0. The second-order valence-corrected chi connectivity index (χ2v) is 6.16. The van der Waals surface area contributed by atoms with Crippen molar-refractivity contribution in [3.63, 3.8) is 0 Å². The van der Waals surface area contributed by atoms with Crippen molar-refractivity contribution in [2.75, 3.05) is 20.1 Å². The van der Waals surface area contributed by atoms with Crippen LogP contribution < -0.4 is 0 Å². The minimum absolute atomic E-state index is 0.000278. The molecule has 5 nitrogen and oxygen atoms in total. The molecule has 2 rings (SSSR count). The zero-order valence-electron chi connectivity index (χ0n) is 14.0. The van der Waals surface area contributed by atoms with Gasteiger partial charge in [-0.1, -0.05) is 44.0 Å². The lowest BCUT2D eigenvalue weighted by atomic mass is 10.0. The van der Waals surface area contributed by atoms with E-state index in [4.69, 9.17) is 5.11 Å². The lowest BCUT2D eigenvalue weighted by Crippen LogP contribution is -2.57. The number of benzene rings is 1. The fraction of sp³-hybridized carbons (Fsp3) is 0.556. The first-order valence-electron chi connectivity index (χ1n) is 8.30. The highest BCUT2D eigenvalue weighted by molar-refractivity contribution is 5.89. The van der Waals surface area contributed by atoms with Crippen molar-refractivity contribution < 1.29 is 14.7 Å². The van der Waals surface area contributed by atoms with E-state index in [0.29, 0.717) is 19.5 Å². The number of aliphatic hydroxyl groups is 1. The minimum atomic E-state index is -0.321. The predicted molar refractivity (Wildman–Crippen MR) is 88.7 cm³/mol. The van der Waals surface area contributed by atoms with E-state index >= 15 is 0 Å². The van der Waals surface area contributed by atoms with Crippen molar-refractivity contribution >= 4 is 11.8 Å². The molecule has 1 heterocycles. The topological polar surface area (TPSA) is 60.9 Å². The molecule has 0 radical (unpaired) electrons. The van der Waals surface area contributed by atoms with Gasteiger partial charge in [-0.05, 0) is 17.5 Å². The van der Waals surface area contributed by atoms with E-state index in [0.717, 1.165) is 30.4 Å². The van der Waals surface area contributed by atoms with Gasteiger partial charge in [0.1, 0.15) is 6.04 Å². The van der Waals surface area contributed by atoms with E-state index in [9.17, 15) is 9.59 Å². The number of nitrogens with zero attached hydrogens (tertiary/aromatic N) is 2. The van der Waals surface area contributed by atoms with E-state index in [2.05, 4.69) is 6.92 Å². The number of amides is 2. The van der Waals surface area contributed by atoms with Gasteiger partial charge in [-0.25, -0.2) is 0 Å². The summed E-state index contributed by atoms with van der Waals surface area (Å²) < 4.78 is 0. The average Bonchev–Trinajstić information content (AvgIpc) is 2.56. The average molecular weight is 318 g/mol. The van der Waals surface area contributed by atoms with Crippen LogP contribution in [0.15, 0.2) is 24.3 Å². The highest BCUT2D eigenvalue weighted by Gasteiger charge is 2.35. The Labute approximate surface area is 137 Å². The Morgan fingerprint density at radius 3 is 2.48 bits per heavy atom. The molecule has 0 aliphatic carbocycles. The van der Waals surface area contributed by atoms with Crippen molar-refractivity contribution in [3.8, 4) is 0 Å². The summed E-state index contributed by atoms with van der Waals surface area (Å²) in [6, 6.07) is 7.06. The van der Waals surface area contributed by atoms with Gasteiger partial charge in [-0.15, -0.1) is 0 Å². The quantitative estimate of drug-likeness (QED) is 0.866. The molecule has 1 atom stereocenters. The molecule has 0 saturated carbocycles. The van der Waals surface area contributed by atoms with Crippen LogP contribution in [0.1, 0.15) is 37.3 Å². The second kappa shape index (κ2) is 8.11. The molecule has 0 spiro atoms. The Balaban J connectivity index is 2.06. The smallest absolute Gasteiger partial charge is 0.245 e. The molecule has 2 amide bonds. The van der Waals surface area contributed by atoms with E-state index < -0.39 is 0 Å². The lowest BCUT2D eigenvalue weighted by molar-refractivity contribution is -0.150. The Kier molecular flexibility index (Phi) is 6.16. The second-order valence-electron chi connectivity index (χ2n) is 6.16. The monoisotopic (exact) mass is 318 g/mol. The molecule has 1 aromatic carbocycles. The van der Waals surface area contributed by atoms with Crippen molar-refractivity contribution in [1.82, 2.24) is 9.80 Å². The molecular weight excluding hydrogens is 292 g/mol. The molecule has 1 fully saturated rings. The summed E-state index contributed by atoms with van der Waals surface area (Å²) in [5, 5.41) is 9.07. The van der Waals surface area contributed by atoms with Crippen LogP contribution in [0.25, 0.3) is 0 Å². The number of aliphatic hydroxyl groups excluding tert-OH is 1. The summed E-state index contributed by atoms with van der Waals surface area (Å²) in [5.74, 6) is 0.0537. The molecule has 0 unspecified atom stereocenters. The largest absolute Gasteiger partial charge is 0.392 e. The molecule has 1 saturated heterocycles. The Morgan fingerprint density at radius 2 is 1.87 bits per heavy atom. The van der Waals surface area contributed by atoms with Crippen molar-refractivity contribution in [3.05, 3.63) is 35.4 Å². The molecule has 126 valence electrons. The molecule has 0 aromatic heterocycles. The van der Waals surface area contributed by atoms with Crippen molar-refractivity contribution in [2.24, 2.45) is 0 Å². The van der Waals surface area contributed by atoms with Crippen LogP contribution in [0.3, 0.4) is 0 Å². The number of piperazine rings is 1. The molecular formula is C18H26N2O3. The summed E-state index contributed by atoms with van der Waals surface area (Å²) in [6.07, 6.45) is 2.98. The van der Waals surface area contributed by atoms with Gasteiger partial charge < -0.3 is 14.9 Å². The molecule has 1 aliphatic heterocycles. The summed E-state index contributed by atoms with van der Waals surface area (Å²) in [6.45, 7) is 3.28. The number of carbonyl (C=O) groups excluding carboxylic acids is 2. The van der Waals surface area contributed by atoms with E-state index in [-0.39, 0.29) is 24.5 Å². The van der Waals surface area contributed by atoms with Crippen molar-refractivity contribution in [2.45, 2.75) is 45.3 Å². The molecule has 23 heavy (non-hydrogen) atoms. The van der Waals surface area contributed by atoms with E-state index in [1.165, 1.54) is 0 Å². The lowest BCUT2D eigenvalue weighted by Gasteiger charge is -2.39. The Hall–Kier alpha value is -1.88. The Morgan fingerprint density at radius 1 is 1.22 bits per heavy atom. The van der Waals surface area contributed by atoms with Gasteiger partial charge in [0.2, 0.25) is 11.8 Å². The SMILES string of the molecule is CCCC[C@H]1C(=O)N(C)CCN1C(=O)Cc1ccc(CO)cc1. The first-order chi connectivity index (χ1) is 11.1. The molecule has 1 aliphatic rings. The van der Waals surface area contributed by atoms with Crippen LogP contribution in [0.4, 0.5) is 0 Å². The third-order valence-electron chi connectivity index (χ3n) is 4.43. The third-order valence-corrected chi connectivity index (χ3v) is 4.43. The number of hydrogen-bond donors (Lipinski definition) is 1. The fourth-order valence-corrected chi connectivity index (χ4v) is 2.93. The number of hydrogen-bond acceptors (Lipinski definition) is 3. The van der Waals surface area contributed by atoms with Gasteiger partial charge in [0.15, 0.2) is 0 Å². The Bertz CT molecular complexity index is 542. The summed E-state index contributed by atoms with van der Waals surface area (Å²) in [5.41, 5.74) is 1.74. The molecule has 0 bridgehead atoms. The van der Waals surface area contributed by atoms with Gasteiger partial charge in [0.25, 0.3) is 0 Å². The van der Waals surface area contributed by atoms with Gasteiger partial charge in [-0.2, -0.15) is 0 Å². The molecule has 5 heteroatoms. The maximum atomic E-state index is 12.7. The van der Waals surface area contributed by atoms with Crippen LogP contribution in [-0.2, 0) is 22.6 Å². The van der Waals surface area contributed by atoms with Crippen LogP contribution in [0.5, 0.6) is 0 Å². The van der Waals surface area contributed by atoms with Crippen molar-refractivity contribution in [1.29, 1.82) is 0 Å². The maximum absolute atomic E-state index is 12.7. The standard InChI is InChI=1S/C18H26N2O3/c1-3-4-5-16-18(23)19(2)10-11-20(16)17(22)12-14-6-8-15(13-21)9-7-14/h6-9,16,21H,3-5,10-13H2,1-2H3/t16-/m0/s1. The van der Waals surface area contributed by atoms with Crippen LogP contribution in [0.2, 0.25) is 0 Å². The number of unbranched alkanes of at least 4 members (excludes halogenated alkanes) is 1. The van der Waals surface area contributed by atoms with Crippen LogP contribution in [0, 0.1) is 0 Å². The van der Waals surface area contributed by atoms with E-state index in [1.807, 2.05) is 24.3 Å². The minimum Gasteiger partial charge on any atom is -0.392 e. The van der Waals surface area contributed by atoms with Crippen LogP contribution in [-0.4, -0.2) is 52.9 Å². The van der Waals surface area contributed by atoms with Gasteiger partial charge in [0, 0.05) is 20.1 Å². The van der Waals surface area contributed by atoms with Crippen LogP contribution >= 0.6 is 0 Å². The number of rotatable bonds is 6. The normalized spacial score (nSPS) is 18.4. The summed E-state index contributed by atoms with van der Waals surface area (Å²) in [7, 11) is 1.80. The zero-order chi connectivity index (χ0) is 16.8. The third kappa shape index (κ3) is 4.32. The molecule has 1 N–H and O–H groups in total. The highest BCUT2D eigenvalue weighted by atomic mass is 16.3. The van der Waals surface area contributed by atoms with Gasteiger partial charge in [-0.3, -0.25) is 9.59 Å². The first-order valence-corrected chi connectivity index (χ1v) is 8.30. The number of carbonyl (C=O) groups is 2. The van der Waals surface area contributed by atoms with Gasteiger partial charge in [0.05, 0.1) is 13.0 Å².